The molecule has 0 bridgehead atoms. The maximum Gasteiger partial charge on any atom is 0.133 e. The SMILES string of the molecule is Cn1nc(COc2cc(F)cc(CBr)c2)c2ccccc21. The Kier molecular flexibility index (Phi) is 3.92. The first-order chi connectivity index (χ1) is 10.2. The van der Waals surface area contributed by atoms with E-state index in [4.69, 9.17) is 4.74 Å². The molecule has 0 fully saturated rings. The van der Waals surface area contributed by atoms with Crippen LogP contribution in [0.3, 0.4) is 0 Å². The lowest BCUT2D eigenvalue weighted by atomic mass is 10.2. The molecule has 0 aliphatic rings. The number of nitrogens with zero attached hydrogens (tertiary/aromatic N) is 2. The van der Waals surface area contributed by atoms with E-state index >= 15 is 0 Å². The molecule has 0 atom stereocenters. The van der Waals surface area contributed by atoms with E-state index in [0.717, 1.165) is 22.2 Å². The van der Waals surface area contributed by atoms with E-state index in [1.165, 1.54) is 12.1 Å². The fraction of sp³-hybridized carbons (Fsp3) is 0.188. The normalized spacial score (nSPS) is 11.0. The topological polar surface area (TPSA) is 27.1 Å². The summed E-state index contributed by atoms with van der Waals surface area (Å²) < 4.78 is 21.0. The van der Waals surface area contributed by atoms with Gasteiger partial charge in [-0.25, -0.2) is 4.39 Å². The van der Waals surface area contributed by atoms with Crippen molar-refractivity contribution in [1.82, 2.24) is 9.78 Å². The van der Waals surface area contributed by atoms with Gasteiger partial charge in [0, 0.05) is 23.8 Å². The first kappa shape index (κ1) is 14.1. The van der Waals surface area contributed by atoms with Gasteiger partial charge < -0.3 is 4.74 Å². The Morgan fingerprint density at radius 1 is 1.24 bits per heavy atom. The van der Waals surface area contributed by atoms with Gasteiger partial charge in [0.25, 0.3) is 0 Å². The molecule has 0 saturated heterocycles. The zero-order chi connectivity index (χ0) is 14.8. The van der Waals surface area contributed by atoms with Gasteiger partial charge in [-0.3, -0.25) is 4.68 Å². The van der Waals surface area contributed by atoms with Crippen LogP contribution < -0.4 is 4.74 Å². The quantitative estimate of drug-likeness (QED) is 0.661. The number of para-hydroxylation sites is 1. The smallest absolute Gasteiger partial charge is 0.133 e. The summed E-state index contributed by atoms with van der Waals surface area (Å²) in [5, 5.41) is 6.10. The van der Waals surface area contributed by atoms with E-state index in [-0.39, 0.29) is 5.82 Å². The third-order valence-electron chi connectivity index (χ3n) is 3.30. The van der Waals surface area contributed by atoms with Crippen molar-refractivity contribution < 1.29 is 9.13 Å². The van der Waals surface area contributed by atoms with E-state index in [9.17, 15) is 4.39 Å². The van der Waals surface area contributed by atoms with Crippen molar-refractivity contribution >= 4 is 26.8 Å². The molecule has 0 N–H and O–H groups in total. The Hall–Kier alpha value is -1.88. The van der Waals surface area contributed by atoms with E-state index in [1.807, 2.05) is 42.1 Å². The summed E-state index contributed by atoms with van der Waals surface area (Å²) in [6.07, 6.45) is 0. The number of alkyl halides is 1. The van der Waals surface area contributed by atoms with Crippen LogP contribution in [-0.4, -0.2) is 9.78 Å². The van der Waals surface area contributed by atoms with Gasteiger partial charge in [-0.15, -0.1) is 0 Å². The first-order valence-corrected chi connectivity index (χ1v) is 7.68. The standard InChI is InChI=1S/C16H14BrFN2O/c1-20-16-5-3-2-4-14(16)15(19-20)10-21-13-7-11(9-17)6-12(18)8-13/h2-8H,9-10H2,1H3. The van der Waals surface area contributed by atoms with Crippen molar-refractivity contribution in [3.8, 4) is 5.75 Å². The van der Waals surface area contributed by atoms with Crippen molar-refractivity contribution in [1.29, 1.82) is 0 Å². The highest BCUT2D eigenvalue weighted by Crippen LogP contribution is 2.22. The van der Waals surface area contributed by atoms with Crippen LogP contribution >= 0.6 is 15.9 Å². The lowest BCUT2D eigenvalue weighted by Crippen LogP contribution is -1.99. The van der Waals surface area contributed by atoms with Gasteiger partial charge in [-0.1, -0.05) is 34.1 Å². The summed E-state index contributed by atoms with van der Waals surface area (Å²) in [7, 11) is 1.90. The maximum absolute atomic E-state index is 13.5. The Labute approximate surface area is 130 Å². The fourth-order valence-corrected chi connectivity index (χ4v) is 2.65. The van der Waals surface area contributed by atoms with Gasteiger partial charge in [-0.2, -0.15) is 5.10 Å². The van der Waals surface area contributed by atoms with Gasteiger partial charge in [0.2, 0.25) is 0 Å². The van der Waals surface area contributed by atoms with Crippen LogP contribution in [0.25, 0.3) is 10.9 Å². The lowest BCUT2D eigenvalue weighted by Gasteiger charge is -2.06. The summed E-state index contributed by atoms with van der Waals surface area (Å²) in [5.41, 5.74) is 2.74. The lowest BCUT2D eigenvalue weighted by molar-refractivity contribution is 0.299. The number of rotatable bonds is 4. The first-order valence-electron chi connectivity index (χ1n) is 6.56. The number of ether oxygens (including phenoxy) is 1. The number of hydrogen-bond acceptors (Lipinski definition) is 2. The summed E-state index contributed by atoms with van der Waals surface area (Å²) >= 11 is 3.32. The predicted octanol–water partition coefficient (Wildman–Crippen LogP) is 4.19. The summed E-state index contributed by atoms with van der Waals surface area (Å²) in [5.74, 6) is 0.215. The molecule has 0 amide bonds. The van der Waals surface area contributed by atoms with Gasteiger partial charge in [0.05, 0.1) is 5.52 Å². The maximum atomic E-state index is 13.5. The third kappa shape index (κ3) is 2.93. The van der Waals surface area contributed by atoms with Gasteiger partial charge in [0.15, 0.2) is 0 Å². The molecule has 0 aliphatic heterocycles. The molecule has 3 aromatic rings. The molecular weight excluding hydrogens is 335 g/mol. The summed E-state index contributed by atoms with van der Waals surface area (Å²) in [6, 6.07) is 12.7. The highest BCUT2D eigenvalue weighted by atomic mass is 79.9. The molecule has 108 valence electrons. The van der Waals surface area contributed by atoms with E-state index in [2.05, 4.69) is 21.0 Å². The van der Waals surface area contributed by atoms with Crippen LogP contribution in [0.5, 0.6) is 5.75 Å². The number of benzene rings is 2. The molecular formula is C16H14BrFN2O. The number of fused-ring (bicyclic) bond motifs is 1. The van der Waals surface area contributed by atoms with E-state index < -0.39 is 0 Å². The second-order valence-electron chi connectivity index (χ2n) is 4.80. The predicted molar refractivity (Wildman–Crippen MR) is 84.1 cm³/mol. The fourth-order valence-electron chi connectivity index (χ4n) is 2.33. The van der Waals surface area contributed by atoms with Crippen LogP contribution in [0.15, 0.2) is 42.5 Å². The molecule has 0 radical (unpaired) electrons. The van der Waals surface area contributed by atoms with Crippen molar-refractivity contribution in [2.45, 2.75) is 11.9 Å². The number of aromatic nitrogens is 2. The van der Waals surface area contributed by atoms with E-state index in [1.54, 1.807) is 0 Å². The minimum atomic E-state index is -0.298. The molecule has 1 heterocycles. The van der Waals surface area contributed by atoms with Crippen molar-refractivity contribution in [2.75, 3.05) is 0 Å². The molecule has 3 rings (SSSR count). The number of hydrogen-bond donors (Lipinski definition) is 0. The Morgan fingerprint density at radius 2 is 2.05 bits per heavy atom. The van der Waals surface area contributed by atoms with Gasteiger partial charge in [0.1, 0.15) is 23.9 Å². The molecule has 0 unspecified atom stereocenters. The Morgan fingerprint density at radius 3 is 2.86 bits per heavy atom. The van der Waals surface area contributed by atoms with Crippen LogP contribution in [0.1, 0.15) is 11.3 Å². The number of aryl methyl sites for hydroxylation is 1. The average molecular weight is 349 g/mol. The molecule has 3 nitrogen and oxygen atoms in total. The minimum Gasteiger partial charge on any atom is -0.487 e. The van der Waals surface area contributed by atoms with Gasteiger partial charge >= 0.3 is 0 Å². The molecule has 1 aromatic heterocycles. The van der Waals surface area contributed by atoms with Crippen LogP contribution in [-0.2, 0) is 19.0 Å². The molecule has 21 heavy (non-hydrogen) atoms. The minimum absolute atomic E-state index is 0.298. The van der Waals surface area contributed by atoms with Crippen LogP contribution in [0, 0.1) is 5.82 Å². The second kappa shape index (κ2) is 5.85. The molecule has 5 heteroatoms. The highest BCUT2D eigenvalue weighted by Gasteiger charge is 2.09. The summed E-state index contributed by atoms with van der Waals surface area (Å²) in [6.45, 7) is 0.312. The van der Waals surface area contributed by atoms with E-state index in [0.29, 0.717) is 17.7 Å². The zero-order valence-electron chi connectivity index (χ0n) is 11.5. The average Bonchev–Trinajstić information content (AvgIpc) is 2.82. The largest absolute Gasteiger partial charge is 0.487 e. The van der Waals surface area contributed by atoms with Gasteiger partial charge in [-0.05, 0) is 23.8 Å². The van der Waals surface area contributed by atoms with Crippen molar-refractivity contribution in [3.63, 3.8) is 0 Å². The Balaban J connectivity index is 1.85. The van der Waals surface area contributed by atoms with Crippen LogP contribution in [0.4, 0.5) is 4.39 Å². The molecule has 2 aromatic carbocycles. The van der Waals surface area contributed by atoms with Crippen molar-refractivity contribution in [3.05, 3.63) is 59.5 Å². The highest BCUT2D eigenvalue weighted by molar-refractivity contribution is 9.08. The summed E-state index contributed by atoms with van der Waals surface area (Å²) in [4.78, 5) is 0. The zero-order valence-corrected chi connectivity index (χ0v) is 13.1. The second-order valence-corrected chi connectivity index (χ2v) is 5.37. The third-order valence-corrected chi connectivity index (χ3v) is 3.94. The molecule has 0 spiro atoms. The Bertz CT molecular complexity index is 785. The monoisotopic (exact) mass is 348 g/mol. The van der Waals surface area contributed by atoms with Crippen LogP contribution in [0.2, 0.25) is 0 Å². The van der Waals surface area contributed by atoms with Crippen molar-refractivity contribution in [2.24, 2.45) is 7.05 Å². The molecule has 0 aliphatic carbocycles. The number of halogens is 2. The molecule has 0 saturated carbocycles.